The van der Waals surface area contributed by atoms with Gasteiger partial charge in [0.1, 0.15) is 0 Å². The Labute approximate surface area is 71.3 Å². The molecular formula is C9H23NO. The maximum Gasteiger partial charge on any atom is 0.0590 e. The molecule has 0 fully saturated rings. The molecule has 0 aliphatic carbocycles. The number of likely N-dealkylation sites (N-methyl/N-ethyl adjacent to an activating group) is 1. The highest BCUT2D eigenvalue weighted by Gasteiger charge is 1.82. The van der Waals surface area contributed by atoms with E-state index >= 15 is 0 Å². The average Bonchev–Trinajstić information content (AvgIpc) is 2.08. The van der Waals surface area contributed by atoms with Crippen molar-refractivity contribution >= 4 is 0 Å². The highest BCUT2D eigenvalue weighted by Crippen LogP contribution is 1.77. The fourth-order valence-corrected chi connectivity index (χ4v) is 0.568. The quantitative estimate of drug-likeness (QED) is 0.602. The Bertz CT molecular complexity index is 42.8. The van der Waals surface area contributed by atoms with Crippen molar-refractivity contribution in [1.29, 1.82) is 0 Å². The summed E-state index contributed by atoms with van der Waals surface area (Å²) in [6, 6.07) is 0. The molecule has 0 aromatic rings. The Morgan fingerprint density at radius 1 is 1.09 bits per heavy atom. The van der Waals surface area contributed by atoms with Gasteiger partial charge >= 0.3 is 0 Å². The van der Waals surface area contributed by atoms with E-state index in [2.05, 4.69) is 19.2 Å². The van der Waals surface area contributed by atoms with E-state index in [0.717, 1.165) is 32.7 Å². The summed E-state index contributed by atoms with van der Waals surface area (Å²) >= 11 is 0. The van der Waals surface area contributed by atoms with Crippen LogP contribution in [0.4, 0.5) is 0 Å². The molecular weight excluding hydrogens is 138 g/mol. The van der Waals surface area contributed by atoms with Crippen molar-refractivity contribution in [1.82, 2.24) is 5.32 Å². The van der Waals surface area contributed by atoms with Crippen LogP contribution in [0.2, 0.25) is 0 Å². The minimum Gasteiger partial charge on any atom is -0.380 e. The minimum atomic E-state index is 0.849. The molecule has 0 saturated carbocycles. The first kappa shape index (κ1) is 13.5. The van der Waals surface area contributed by atoms with Gasteiger partial charge in [0.15, 0.2) is 0 Å². The SMILES string of the molecule is CC.CCCOCCNCC. The summed E-state index contributed by atoms with van der Waals surface area (Å²) in [5.74, 6) is 0. The summed E-state index contributed by atoms with van der Waals surface area (Å²) in [5, 5.41) is 3.18. The summed E-state index contributed by atoms with van der Waals surface area (Å²) in [6.07, 6.45) is 1.12. The van der Waals surface area contributed by atoms with Crippen LogP contribution in [-0.2, 0) is 4.74 Å². The van der Waals surface area contributed by atoms with E-state index in [1.165, 1.54) is 0 Å². The van der Waals surface area contributed by atoms with E-state index in [4.69, 9.17) is 4.74 Å². The smallest absolute Gasteiger partial charge is 0.0590 e. The Hall–Kier alpha value is -0.0800. The molecule has 0 unspecified atom stereocenters. The van der Waals surface area contributed by atoms with Gasteiger partial charge in [0, 0.05) is 13.2 Å². The topological polar surface area (TPSA) is 21.3 Å². The lowest BCUT2D eigenvalue weighted by atomic mass is 10.5. The summed E-state index contributed by atoms with van der Waals surface area (Å²) < 4.78 is 5.22. The lowest BCUT2D eigenvalue weighted by Gasteiger charge is -2.01. The van der Waals surface area contributed by atoms with Gasteiger partial charge in [-0.25, -0.2) is 0 Å². The van der Waals surface area contributed by atoms with Crippen molar-refractivity contribution in [2.75, 3.05) is 26.3 Å². The molecule has 70 valence electrons. The van der Waals surface area contributed by atoms with Crippen LogP contribution < -0.4 is 5.32 Å². The average molecular weight is 161 g/mol. The van der Waals surface area contributed by atoms with Gasteiger partial charge in [-0.1, -0.05) is 27.7 Å². The Morgan fingerprint density at radius 3 is 2.18 bits per heavy atom. The number of ether oxygens (including phenoxy) is 1. The monoisotopic (exact) mass is 161 g/mol. The van der Waals surface area contributed by atoms with Crippen LogP contribution >= 0.6 is 0 Å². The van der Waals surface area contributed by atoms with Crippen LogP contribution in [0, 0.1) is 0 Å². The first-order valence-corrected chi connectivity index (χ1v) is 4.70. The maximum atomic E-state index is 5.22. The van der Waals surface area contributed by atoms with Gasteiger partial charge in [-0.15, -0.1) is 0 Å². The molecule has 0 heterocycles. The van der Waals surface area contributed by atoms with E-state index in [1.807, 2.05) is 13.8 Å². The van der Waals surface area contributed by atoms with Crippen molar-refractivity contribution in [3.63, 3.8) is 0 Å². The molecule has 0 aliphatic rings. The summed E-state index contributed by atoms with van der Waals surface area (Å²) in [4.78, 5) is 0. The molecule has 0 rings (SSSR count). The number of nitrogens with one attached hydrogen (secondary N) is 1. The van der Waals surface area contributed by atoms with Crippen molar-refractivity contribution in [2.45, 2.75) is 34.1 Å². The molecule has 0 bridgehead atoms. The standard InChI is InChI=1S/C7H17NO.C2H6/c1-3-6-9-7-5-8-4-2;1-2/h8H,3-7H2,1-2H3;1-2H3. The number of rotatable bonds is 6. The van der Waals surface area contributed by atoms with Crippen molar-refractivity contribution < 1.29 is 4.74 Å². The summed E-state index contributed by atoms with van der Waals surface area (Å²) in [5.41, 5.74) is 0. The highest BCUT2D eigenvalue weighted by atomic mass is 16.5. The third-order valence-corrected chi connectivity index (χ3v) is 1.02. The zero-order valence-electron chi connectivity index (χ0n) is 8.44. The van der Waals surface area contributed by atoms with Crippen LogP contribution in [-0.4, -0.2) is 26.3 Å². The second kappa shape index (κ2) is 16.5. The lowest BCUT2D eigenvalue weighted by molar-refractivity contribution is 0.137. The molecule has 0 aromatic heterocycles. The lowest BCUT2D eigenvalue weighted by Crippen LogP contribution is -2.18. The molecule has 1 N–H and O–H groups in total. The van der Waals surface area contributed by atoms with Crippen LogP contribution in [0.1, 0.15) is 34.1 Å². The van der Waals surface area contributed by atoms with E-state index < -0.39 is 0 Å². The fourth-order valence-electron chi connectivity index (χ4n) is 0.568. The zero-order chi connectivity index (χ0) is 8.95. The molecule has 0 saturated heterocycles. The molecule has 0 spiro atoms. The Balaban J connectivity index is 0. The first-order chi connectivity index (χ1) is 5.41. The minimum absolute atomic E-state index is 0.849. The normalized spacial score (nSPS) is 8.73. The molecule has 11 heavy (non-hydrogen) atoms. The fraction of sp³-hybridized carbons (Fsp3) is 1.00. The molecule has 0 aliphatic heterocycles. The zero-order valence-corrected chi connectivity index (χ0v) is 8.44. The van der Waals surface area contributed by atoms with E-state index in [0.29, 0.717) is 0 Å². The Morgan fingerprint density at radius 2 is 1.73 bits per heavy atom. The molecule has 0 aromatic carbocycles. The maximum absolute atomic E-state index is 5.22. The van der Waals surface area contributed by atoms with Crippen molar-refractivity contribution in [3.05, 3.63) is 0 Å². The molecule has 2 nitrogen and oxygen atoms in total. The first-order valence-electron chi connectivity index (χ1n) is 4.70. The van der Waals surface area contributed by atoms with E-state index in [-0.39, 0.29) is 0 Å². The van der Waals surface area contributed by atoms with Gasteiger partial charge in [0.05, 0.1) is 6.61 Å². The van der Waals surface area contributed by atoms with Gasteiger partial charge in [-0.3, -0.25) is 0 Å². The van der Waals surface area contributed by atoms with Crippen LogP contribution in [0.5, 0.6) is 0 Å². The van der Waals surface area contributed by atoms with Crippen LogP contribution in [0.25, 0.3) is 0 Å². The van der Waals surface area contributed by atoms with Gasteiger partial charge in [-0.05, 0) is 13.0 Å². The number of hydrogen-bond donors (Lipinski definition) is 1. The summed E-state index contributed by atoms with van der Waals surface area (Å²) in [7, 11) is 0. The van der Waals surface area contributed by atoms with Crippen LogP contribution in [0.15, 0.2) is 0 Å². The van der Waals surface area contributed by atoms with Crippen LogP contribution in [0.3, 0.4) is 0 Å². The predicted octanol–water partition coefficient (Wildman–Crippen LogP) is 2.05. The predicted molar refractivity (Wildman–Crippen MR) is 51.0 cm³/mol. The largest absolute Gasteiger partial charge is 0.380 e. The van der Waals surface area contributed by atoms with Gasteiger partial charge in [0.25, 0.3) is 0 Å². The van der Waals surface area contributed by atoms with Gasteiger partial charge < -0.3 is 10.1 Å². The number of hydrogen-bond acceptors (Lipinski definition) is 2. The van der Waals surface area contributed by atoms with Gasteiger partial charge in [-0.2, -0.15) is 0 Å². The van der Waals surface area contributed by atoms with E-state index in [1.54, 1.807) is 0 Å². The summed E-state index contributed by atoms with van der Waals surface area (Å²) in [6.45, 7) is 12.0. The molecule has 0 atom stereocenters. The van der Waals surface area contributed by atoms with Crippen molar-refractivity contribution in [2.24, 2.45) is 0 Å². The molecule has 0 radical (unpaired) electrons. The molecule has 0 amide bonds. The third kappa shape index (κ3) is 17.8. The molecule has 2 heteroatoms. The second-order valence-corrected chi connectivity index (χ2v) is 1.97. The van der Waals surface area contributed by atoms with E-state index in [9.17, 15) is 0 Å². The Kier molecular flexibility index (Phi) is 20.2. The second-order valence-electron chi connectivity index (χ2n) is 1.97. The highest BCUT2D eigenvalue weighted by molar-refractivity contribution is 4.39. The van der Waals surface area contributed by atoms with Crippen molar-refractivity contribution in [3.8, 4) is 0 Å². The third-order valence-electron chi connectivity index (χ3n) is 1.02. The van der Waals surface area contributed by atoms with Gasteiger partial charge in [0.2, 0.25) is 0 Å².